The molecule has 3 rings (SSSR count). The summed E-state index contributed by atoms with van der Waals surface area (Å²) in [7, 11) is 0. The number of nitrogens with zero attached hydrogens (tertiary/aromatic N) is 1. The maximum atomic E-state index is 12.3. The summed E-state index contributed by atoms with van der Waals surface area (Å²) in [4.78, 5) is 26.4. The van der Waals surface area contributed by atoms with Crippen molar-refractivity contribution in [2.45, 2.75) is 71.3 Å². The van der Waals surface area contributed by atoms with Gasteiger partial charge in [0.2, 0.25) is 5.91 Å². The van der Waals surface area contributed by atoms with Crippen molar-refractivity contribution in [2.24, 2.45) is 5.92 Å². The lowest BCUT2D eigenvalue weighted by molar-refractivity contribution is -0.125. The smallest absolute Gasteiger partial charge is 0.267 e. The van der Waals surface area contributed by atoms with Crippen LogP contribution in [0.15, 0.2) is 18.2 Å². The molecule has 26 heavy (non-hydrogen) atoms. The molecule has 1 aromatic rings. The minimum Gasteiger partial charge on any atom is -0.479 e. The Morgan fingerprint density at radius 3 is 2.77 bits per heavy atom. The van der Waals surface area contributed by atoms with E-state index in [0.717, 1.165) is 24.2 Å². The van der Waals surface area contributed by atoms with Gasteiger partial charge in [0.15, 0.2) is 6.10 Å². The van der Waals surface area contributed by atoms with Crippen LogP contribution in [0, 0.1) is 5.92 Å². The lowest BCUT2D eigenvalue weighted by Crippen LogP contribution is -2.44. The van der Waals surface area contributed by atoms with Crippen LogP contribution in [0.4, 0.5) is 11.4 Å². The molecule has 1 unspecified atom stereocenters. The molecule has 1 heterocycles. The normalized spacial score (nSPS) is 20.5. The molecule has 1 aromatic carbocycles. The molecule has 1 aliphatic carbocycles. The van der Waals surface area contributed by atoms with Crippen molar-refractivity contribution in [3.8, 4) is 5.75 Å². The Balaban J connectivity index is 1.62. The number of anilines is 2. The number of carbonyl (C=O) groups excluding carboxylic acids is 2. The van der Waals surface area contributed by atoms with Crippen molar-refractivity contribution in [3.05, 3.63) is 18.2 Å². The SMILES string of the molecule is CCCN1C(=O)C(C)Oc2cc(NC(=O)CCC3CCCCC3)ccc21. The highest BCUT2D eigenvalue weighted by molar-refractivity contribution is 6.00. The quantitative estimate of drug-likeness (QED) is 0.814. The zero-order valence-corrected chi connectivity index (χ0v) is 15.9. The van der Waals surface area contributed by atoms with E-state index in [1.54, 1.807) is 11.8 Å². The molecule has 2 aliphatic rings. The van der Waals surface area contributed by atoms with E-state index < -0.39 is 6.10 Å². The van der Waals surface area contributed by atoms with Crippen molar-refractivity contribution in [1.29, 1.82) is 0 Å². The van der Waals surface area contributed by atoms with Gasteiger partial charge in [0.1, 0.15) is 5.75 Å². The van der Waals surface area contributed by atoms with Gasteiger partial charge < -0.3 is 15.0 Å². The summed E-state index contributed by atoms with van der Waals surface area (Å²) in [6, 6.07) is 5.55. The average Bonchev–Trinajstić information content (AvgIpc) is 2.64. The Morgan fingerprint density at radius 2 is 2.04 bits per heavy atom. The van der Waals surface area contributed by atoms with E-state index in [4.69, 9.17) is 4.74 Å². The van der Waals surface area contributed by atoms with Crippen molar-refractivity contribution in [2.75, 3.05) is 16.8 Å². The first-order valence-electron chi connectivity index (χ1n) is 10.0. The summed E-state index contributed by atoms with van der Waals surface area (Å²) >= 11 is 0. The number of rotatable bonds is 6. The van der Waals surface area contributed by atoms with E-state index in [2.05, 4.69) is 5.32 Å². The van der Waals surface area contributed by atoms with Crippen molar-refractivity contribution in [3.63, 3.8) is 0 Å². The molecular formula is C21H30N2O3. The molecule has 0 saturated heterocycles. The molecule has 5 nitrogen and oxygen atoms in total. The van der Waals surface area contributed by atoms with Gasteiger partial charge in [0.25, 0.3) is 5.91 Å². The molecular weight excluding hydrogens is 328 g/mol. The highest BCUT2D eigenvalue weighted by Gasteiger charge is 2.31. The van der Waals surface area contributed by atoms with E-state index in [0.29, 0.717) is 24.6 Å². The largest absolute Gasteiger partial charge is 0.479 e. The third-order valence-corrected chi connectivity index (χ3v) is 5.40. The standard InChI is InChI=1S/C21H30N2O3/c1-3-13-23-18-11-10-17(14-19(18)26-15(2)21(23)25)22-20(24)12-9-16-7-5-4-6-8-16/h10-11,14-16H,3-9,12-13H2,1-2H3,(H,22,24). The predicted octanol–water partition coefficient (Wildman–Crippen LogP) is 4.51. The molecule has 1 fully saturated rings. The van der Waals surface area contributed by atoms with Crippen molar-refractivity contribution < 1.29 is 14.3 Å². The third kappa shape index (κ3) is 4.37. The van der Waals surface area contributed by atoms with Crippen LogP contribution in [0.2, 0.25) is 0 Å². The second-order valence-corrected chi connectivity index (χ2v) is 7.52. The minimum atomic E-state index is -0.494. The van der Waals surface area contributed by atoms with Crippen LogP contribution in [0.3, 0.4) is 0 Å². The van der Waals surface area contributed by atoms with Crippen LogP contribution in [0.1, 0.15) is 65.2 Å². The number of hydrogen-bond donors (Lipinski definition) is 1. The fourth-order valence-corrected chi connectivity index (χ4v) is 3.98. The van der Waals surface area contributed by atoms with Gasteiger partial charge in [-0.1, -0.05) is 39.0 Å². The van der Waals surface area contributed by atoms with Gasteiger partial charge in [0, 0.05) is 24.7 Å². The second kappa shape index (κ2) is 8.56. The van der Waals surface area contributed by atoms with Gasteiger partial charge in [-0.3, -0.25) is 9.59 Å². The van der Waals surface area contributed by atoms with Crippen LogP contribution in [-0.4, -0.2) is 24.5 Å². The highest BCUT2D eigenvalue weighted by atomic mass is 16.5. The molecule has 1 N–H and O–H groups in total. The molecule has 1 aliphatic heterocycles. The van der Waals surface area contributed by atoms with Crippen LogP contribution in [0.25, 0.3) is 0 Å². The zero-order valence-electron chi connectivity index (χ0n) is 15.9. The summed E-state index contributed by atoms with van der Waals surface area (Å²) in [6.45, 7) is 4.49. The number of carbonyl (C=O) groups is 2. The van der Waals surface area contributed by atoms with E-state index in [1.165, 1.54) is 32.1 Å². The first kappa shape index (κ1) is 18.7. The van der Waals surface area contributed by atoms with Crippen LogP contribution < -0.4 is 15.0 Å². The Morgan fingerprint density at radius 1 is 1.27 bits per heavy atom. The number of hydrogen-bond acceptors (Lipinski definition) is 3. The molecule has 0 radical (unpaired) electrons. The van der Waals surface area contributed by atoms with E-state index in [-0.39, 0.29) is 11.8 Å². The minimum absolute atomic E-state index is 0.0105. The Hall–Kier alpha value is -2.04. The number of amides is 2. The van der Waals surface area contributed by atoms with Crippen LogP contribution >= 0.6 is 0 Å². The van der Waals surface area contributed by atoms with Gasteiger partial charge in [-0.15, -0.1) is 0 Å². The third-order valence-electron chi connectivity index (χ3n) is 5.40. The van der Waals surface area contributed by atoms with E-state index in [1.807, 2.05) is 25.1 Å². The maximum absolute atomic E-state index is 12.3. The van der Waals surface area contributed by atoms with Gasteiger partial charge in [-0.2, -0.15) is 0 Å². The van der Waals surface area contributed by atoms with Crippen LogP contribution in [-0.2, 0) is 9.59 Å². The van der Waals surface area contributed by atoms with Crippen LogP contribution in [0.5, 0.6) is 5.75 Å². The number of ether oxygens (including phenoxy) is 1. The predicted molar refractivity (Wildman–Crippen MR) is 104 cm³/mol. The molecule has 2 amide bonds. The van der Waals surface area contributed by atoms with Gasteiger partial charge >= 0.3 is 0 Å². The lowest BCUT2D eigenvalue weighted by atomic mass is 9.86. The molecule has 0 bridgehead atoms. The fraction of sp³-hybridized carbons (Fsp3) is 0.619. The Bertz CT molecular complexity index is 653. The van der Waals surface area contributed by atoms with Gasteiger partial charge in [0.05, 0.1) is 5.69 Å². The summed E-state index contributed by atoms with van der Waals surface area (Å²) in [6.07, 6.45) is 8.41. The van der Waals surface area contributed by atoms with Gasteiger partial charge in [-0.25, -0.2) is 0 Å². The molecule has 0 aromatic heterocycles. The first-order chi connectivity index (χ1) is 12.6. The topological polar surface area (TPSA) is 58.6 Å². The van der Waals surface area contributed by atoms with Gasteiger partial charge in [-0.05, 0) is 37.8 Å². The zero-order chi connectivity index (χ0) is 18.5. The van der Waals surface area contributed by atoms with Crippen molar-refractivity contribution >= 4 is 23.2 Å². The second-order valence-electron chi connectivity index (χ2n) is 7.52. The molecule has 1 atom stereocenters. The van der Waals surface area contributed by atoms with E-state index in [9.17, 15) is 9.59 Å². The highest BCUT2D eigenvalue weighted by Crippen LogP contribution is 2.36. The number of benzene rings is 1. The van der Waals surface area contributed by atoms with Crippen molar-refractivity contribution in [1.82, 2.24) is 0 Å². The monoisotopic (exact) mass is 358 g/mol. The summed E-state index contributed by atoms with van der Waals surface area (Å²) in [5, 5.41) is 2.98. The molecule has 142 valence electrons. The van der Waals surface area contributed by atoms with E-state index >= 15 is 0 Å². The molecule has 5 heteroatoms. The molecule has 0 spiro atoms. The summed E-state index contributed by atoms with van der Waals surface area (Å²) in [5.41, 5.74) is 1.52. The number of nitrogens with one attached hydrogen (secondary N) is 1. The Kier molecular flexibility index (Phi) is 6.17. The summed E-state index contributed by atoms with van der Waals surface area (Å²) in [5.74, 6) is 1.41. The summed E-state index contributed by atoms with van der Waals surface area (Å²) < 4.78 is 5.76. The lowest BCUT2D eigenvalue weighted by Gasteiger charge is -2.33. The Labute approximate surface area is 156 Å². The first-order valence-corrected chi connectivity index (χ1v) is 10.0. The fourth-order valence-electron chi connectivity index (χ4n) is 3.98. The maximum Gasteiger partial charge on any atom is 0.267 e. The number of fused-ring (bicyclic) bond motifs is 1. The molecule has 1 saturated carbocycles. The average molecular weight is 358 g/mol.